The Labute approximate surface area is 106 Å². The summed E-state index contributed by atoms with van der Waals surface area (Å²) in [7, 11) is 0. The number of hydrogen-bond acceptors (Lipinski definition) is 2. The zero-order valence-corrected chi connectivity index (χ0v) is 10.7. The van der Waals surface area contributed by atoms with Gasteiger partial charge in [0, 0.05) is 12.4 Å². The number of nitrogens with zero attached hydrogens (tertiary/aromatic N) is 1. The lowest BCUT2D eigenvalue weighted by molar-refractivity contribution is 0.0697. The van der Waals surface area contributed by atoms with Gasteiger partial charge in [0.1, 0.15) is 0 Å². The average Bonchev–Trinajstić information content (AvgIpc) is 2.28. The zero-order chi connectivity index (χ0) is 13.3. The Kier molecular flexibility index (Phi) is 3.15. The molecule has 0 saturated carbocycles. The van der Waals surface area contributed by atoms with Crippen molar-refractivity contribution in [1.82, 2.24) is 4.98 Å². The summed E-state index contributed by atoms with van der Waals surface area (Å²) >= 11 is 0. The Morgan fingerprint density at radius 2 is 1.78 bits per heavy atom. The predicted molar refractivity (Wildman–Crippen MR) is 70.8 cm³/mol. The van der Waals surface area contributed by atoms with Gasteiger partial charge >= 0.3 is 5.97 Å². The molecule has 0 spiro atoms. The molecule has 2 aromatic rings. The number of carbonyl (C=O) groups is 1. The molecular weight excluding hydrogens is 226 g/mol. The van der Waals surface area contributed by atoms with Crippen molar-refractivity contribution < 1.29 is 9.90 Å². The summed E-state index contributed by atoms with van der Waals surface area (Å²) in [4.78, 5) is 15.1. The van der Waals surface area contributed by atoms with Crippen LogP contribution in [0.5, 0.6) is 0 Å². The third kappa shape index (κ3) is 2.12. The molecule has 1 N–H and O–H groups in total. The summed E-state index contributed by atoms with van der Waals surface area (Å²) in [6, 6.07) is 5.89. The van der Waals surface area contributed by atoms with Crippen LogP contribution in [0.4, 0.5) is 0 Å². The highest BCUT2D eigenvalue weighted by Gasteiger charge is 2.15. The second-order valence-electron chi connectivity index (χ2n) is 4.50. The van der Waals surface area contributed by atoms with E-state index < -0.39 is 5.97 Å². The Morgan fingerprint density at radius 3 is 2.33 bits per heavy atom. The number of pyridine rings is 1. The van der Waals surface area contributed by atoms with Crippen LogP contribution in [0.15, 0.2) is 30.6 Å². The highest BCUT2D eigenvalue weighted by Crippen LogP contribution is 2.30. The summed E-state index contributed by atoms with van der Waals surface area (Å²) in [5.41, 5.74) is 5.31. The van der Waals surface area contributed by atoms with Crippen molar-refractivity contribution in [3.05, 3.63) is 52.8 Å². The van der Waals surface area contributed by atoms with E-state index in [0.717, 1.165) is 22.3 Å². The smallest absolute Gasteiger partial charge is 0.337 e. The molecule has 0 aliphatic carbocycles. The van der Waals surface area contributed by atoms with Gasteiger partial charge in [0.05, 0.1) is 5.56 Å². The molecule has 0 aliphatic heterocycles. The van der Waals surface area contributed by atoms with Gasteiger partial charge in [-0.15, -0.1) is 0 Å². The molecule has 0 atom stereocenters. The van der Waals surface area contributed by atoms with Crippen LogP contribution in [-0.4, -0.2) is 16.1 Å². The van der Waals surface area contributed by atoms with Gasteiger partial charge in [-0.05, 0) is 49.1 Å². The predicted octanol–water partition coefficient (Wildman–Crippen LogP) is 3.37. The van der Waals surface area contributed by atoms with E-state index in [1.165, 1.54) is 11.8 Å². The Bertz CT molecular complexity index is 595. The van der Waals surface area contributed by atoms with Crippen LogP contribution in [0, 0.1) is 20.8 Å². The van der Waals surface area contributed by atoms with E-state index in [2.05, 4.69) is 17.1 Å². The third-order valence-electron chi connectivity index (χ3n) is 3.00. The fraction of sp³-hybridized carbons (Fsp3) is 0.200. The largest absolute Gasteiger partial charge is 0.478 e. The minimum Gasteiger partial charge on any atom is -0.478 e. The van der Waals surface area contributed by atoms with E-state index in [9.17, 15) is 9.90 Å². The van der Waals surface area contributed by atoms with Crippen molar-refractivity contribution in [2.75, 3.05) is 0 Å². The van der Waals surface area contributed by atoms with Gasteiger partial charge in [0.2, 0.25) is 0 Å². The van der Waals surface area contributed by atoms with Gasteiger partial charge in [-0.25, -0.2) is 4.79 Å². The van der Waals surface area contributed by atoms with Gasteiger partial charge < -0.3 is 5.11 Å². The summed E-state index contributed by atoms with van der Waals surface area (Å²) in [6.07, 6.45) is 3.02. The molecule has 0 bridgehead atoms. The lowest BCUT2D eigenvalue weighted by Crippen LogP contribution is -2.02. The number of aryl methyl sites for hydroxylation is 3. The van der Waals surface area contributed by atoms with Crippen LogP contribution in [0.1, 0.15) is 27.0 Å². The van der Waals surface area contributed by atoms with Crippen LogP contribution in [0.2, 0.25) is 0 Å². The molecular formula is C15H15NO2. The van der Waals surface area contributed by atoms with Gasteiger partial charge in [0.25, 0.3) is 0 Å². The maximum Gasteiger partial charge on any atom is 0.337 e. The Hall–Kier alpha value is -2.16. The first kappa shape index (κ1) is 12.3. The van der Waals surface area contributed by atoms with E-state index in [0.29, 0.717) is 0 Å². The van der Waals surface area contributed by atoms with E-state index in [1.807, 2.05) is 20.8 Å². The van der Waals surface area contributed by atoms with Crippen molar-refractivity contribution in [2.24, 2.45) is 0 Å². The van der Waals surface area contributed by atoms with Crippen molar-refractivity contribution in [2.45, 2.75) is 20.8 Å². The second-order valence-corrected chi connectivity index (χ2v) is 4.50. The highest BCUT2D eigenvalue weighted by molar-refractivity contribution is 5.96. The minimum absolute atomic E-state index is 0.243. The summed E-state index contributed by atoms with van der Waals surface area (Å²) < 4.78 is 0. The van der Waals surface area contributed by atoms with Crippen LogP contribution in [0.25, 0.3) is 11.1 Å². The van der Waals surface area contributed by atoms with Gasteiger partial charge in [-0.2, -0.15) is 0 Å². The quantitative estimate of drug-likeness (QED) is 0.876. The molecule has 2 rings (SSSR count). The second kappa shape index (κ2) is 4.61. The molecule has 1 aromatic heterocycles. The topological polar surface area (TPSA) is 50.2 Å². The fourth-order valence-corrected chi connectivity index (χ4v) is 2.39. The van der Waals surface area contributed by atoms with Gasteiger partial charge in [-0.3, -0.25) is 4.98 Å². The monoisotopic (exact) mass is 241 g/mol. The van der Waals surface area contributed by atoms with Gasteiger partial charge in [0.15, 0.2) is 0 Å². The standard InChI is InChI=1S/C15H15NO2/c1-9-6-10(2)14(11(3)7-9)12-4-5-16-8-13(12)15(17)18/h4-8H,1-3H3,(H,17,18). The fourth-order valence-electron chi connectivity index (χ4n) is 2.39. The summed E-state index contributed by atoms with van der Waals surface area (Å²) in [5.74, 6) is -0.947. The van der Waals surface area contributed by atoms with Crippen molar-refractivity contribution in [3.63, 3.8) is 0 Å². The first-order valence-corrected chi connectivity index (χ1v) is 5.76. The van der Waals surface area contributed by atoms with Crippen molar-refractivity contribution in [1.29, 1.82) is 0 Å². The third-order valence-corrected chi connectivity index (χ3v) is 3.00. The van der Waals surface area contributed by atoms with E-state index in [4.69, 9.17) is 0 Å². The summed E-state index contributed by atoms with van der Waals surface area (Å²) in [6.45, 7) is 6.04. The average molecular weight is 241 g/mol. The van der Waals surface area contributed by atoms with Crippen LogP contribution >= 0.6 is 0 Å². The Balaban J connectivity index is 2.74. The van der Waals surface area contributed by atoms with E-state index in [1.54, 1.807) is 12.3 Å². The zero-order valence-electron chi connectivity index (χ0n) is 10.7. The number of benzene rings is 1. The maximum atomic E-state index is 11.2. The normalized spacial score (nSPS) is 10.4. The van der Waals surface area contributed by atoms with Crippen LogP contribution in [0.3, 0.4) is 0 Å². The number of aromatic carboxylic acids is 1. The van der Waals surface area contributed by atoms with Crippen LogP contribution in [-0.2, 0) is 0 Å². The van der Waals surface area contributed by atoms with Gasteiger partial charge in [-0.1, -0.05) is 17.7 Å². The molecule has 0 unspecified atom stereocenters. The molecule has 1 heterocycles. The number of carboxylic acids is 1. The number of rotatable bonds is 2. The highest BCUT2D eigenvalue weighted by atomic mass is 16.4. The molecule has 1 aromatic carbocycles. The number of hydrogen-bond donors (Lipinski definition) is 1. The lowest BCUT2D eigenvalue weighted by atomic mass is 9.92. The molecule has 0 fully saturated rings. The van der Waals surface area contributed by atoms with Crippen molar-refractivity contribution in [3.8, 4) is 11.1 Å². The molecule has 3 heteroatoms. The number of aromatic nitrogens is 1. The first-order valence-electron chi connectivity index (χ1n) is 5.76. The molecule has 0 amide bonds. The van der Waals surface area contributed by atoms with Crippen molar-refractivity contribution >= 4 is 5.97 Å². The number of carboxylic acid groups (broad SMARTS) is 1. The summed E-state index contributed by atoms with van der Waals surface area (Å²) in [5, 5.41) is 9.22. The van der Waals surface area contributed by atoms with E-state index in [-0.39, 0.29) is 5.56 Å². The molecule has 18 heavy (non-hydrogen) atoms. The molecule has 3 nitrogen and oxygen atoms in total. The van der Waals surface area contributed by atoms with E-state index >= 15 is 0 Å². The lowest BCUT2D eigenvalue weighted by Gasteiger charge is -2.13. The Morgan fingerprint density at radius 1 is 1.17 bits per heavy atom. The maximum absolute atomic E-state index is 11.2. The molecule has 0 aliphatic rings. The van der Waals surface area contributed by atoms with Crippen LogP contribution < -0.4 is 0 Å². The SMILES string of the molecule is Cc1cc(C)c(-c2ccncc2C(=O)O)c(C)c1. The first-order chi connectivity index (χ1) is 8.50. The molecule has 0 radical (unpaired) electrons. The minimum atomic E-state index is -0.947. The molecule has 92 valence electrons. The molecule has 0 saturated heterocycles.